The molecular formula is C19H28N4O3. The van der Waals surface area contributed by atoms with E-state index in [-0.39, 0.29) is 17.6 Å². The van der Waals surface area contributed by atoms with Gasteiger partial charge in [-0.2, -0.15) is 0 Å². The Morgan fingerprint density at radius 1 is 1.15 bits per heavy atom. The molecule has 1 aliphatic carbocycles. The standard InChI is InChI=1S/C19H28N4O3/c24-18-11-17(15-1-2-15)20-13-23(18)12-14-3-7-22(8-4-14)19(25)21-16-5-9-26-10-6-16/h11,13-16H,1-10,12H2,(H,21,25). The lowest BCUT2D eigenvalue weighted by Gasteiger charge is -2.34. The number of ether oxygens (including phenoxy) is 1. The average Bonchev–Trinajstić information content (AvgIpc) is 3.50. The highest BCUT2D eigenvalue weighted by molar-refractivity contribution is 5.74. The van der Waals surface area contributed by atoms with Gasteiger partial charge in [-0.3, -0.25) is 9.36 Å². The van der Waals surface area contributed by atoms with Crippen LogP contribution >= 0.6 is 0 Å². The average molecular weight is 360 g/mol. The van der Waals surface area contributed by atoms with Gasteiger partial charge in [-0.05, 0) is 44.4 Å². The maximum atomic E-state index is 12.4. The van der Waals surface area contributed by atoms with Crippen LogP contribution in [-0.2, 0) is 11.3 Å². The minimum absolute atomic E-state index is 0.0444. The molecule has 0 unspecified atom stereocenters. The van der Waals surface area contributed by atoms with Gasteiger partial charge in [0.1, 0.15) is 0 Å². The summed E-state index contributed by atoms with van der Waals surface area (Å²) in [5, 5.41) is 3.13. The monoisotopic (exact) mass is 360 g/mol. The van der Waals surface area contributed by atoms with Crippen molar-refractivity contribution in [2.45, 2.75) is 57.0 Å². The number of aromatic nitrogens is 2. The smallest absolute Gasteiger partial charge is 0.317 e. The highest BCUT2D eigenvalue weighted by Gasteiger charge is 2.27. The molecule has 2 saturated heterocycles. The molecule has 0 atom stereocenters. The van der Waals surface area contributed by atoms with Gasteiger partial charge in [-0.1, -0.05) is 0 Å². The van der Waals surface area contributed by atoms with Gasteiger partial charge in [-0.15, -0.1) is 0 Å². The Kier molecular flexibility index (Phi) is 5.24. The highest BCUT2D eigenvalue weighted by atomic mass is 16.5. The van der Waals surface area contributed by atoms with Crippen molar-refractivity contribution in [3.63, 3.8) is 0 Å². The van der Waals surface area contributed by atoms with E-state index in [4.69, 9.17) is 4.74 Å². The van der Waals surface area contributed by atoms with Gasteiger partial charge in [0.25, 0.3) is 5.56 Å². The van der Waals surface area contributed by atoms with Gasteiger partial charge in [0, 0.05) is 50.9 Å². The van der Waals surface area contributed by atoms with Gasteiger partial charge in [-0.25, -0.2) is 9.78 Å². The lowest BCUT2D eigenvalue weighted by Crippen LogP contribution is -2.49. The van der Waals surface area contributed by atoms with Crippen molar-refractivity contribution >= 4 is 6.03 Å². The molecule has 1 aromatic rings. The summed E-state index contributed by atoms with van der Waals surface area (Å²) in [5.74, 6) is 0.934. The maximum absolute atomic E-state index is 12.4. The summed E-state index contributed by atoms with van der Waals surface area (Å²) in [6.45, 7) is 3.67. The molecule has 3 fully saturated rings. The number of nitrogens with one attached hydrogen (secondary N) is 1. The summed E-state index contributed by atoms with van der Waals surface area (Å²) >= 11 is 0. The fourth-order valence-electron chi connectivity index (χ4n) is 3.88. The molecule has 7 heteroatoms. The van der Waals surface area contributed by atoms with E-state index in [0.717, 1.165) is 70.5 Å². The normalized spacial score (nSPS) is 22.4. The van der Waals surface area contributed by atoms with E-state index in [1.54, 1.807) is 17.0 Å². The molecule has 7 nitrogen and oxygen atoms in total. The topological polar surface area (TPSA) is 76.5 Å². The summed E-state index contributed by atoms with van der Waals surface area (Å²) in [4.78, 5) is 31.0. The molecule has 0 spiro atoms. The van der Waals surface area contributed by atoms with Crippen LogP contribution < -0.4 is 10.9 Å². The zero-order valence-electron chi connectivity index (χ0n) is 15.2. The molecule has 1 aromatic heterocycles. The Balaban J connectivity index is 1.25. The van der Waals surface area contributed by atoms with Gasteiger partial charge in [0.15, 0.2) is 0 Å². The van der Waals surface area contributed by atoms with Crippen LogP contribution in [0.1, 0.15) is 50.1 Å². The van der Waals surface area contributed by atoms with Crippen LogP contribution in [0.3, 0.4) is 0 Å². The fraction of sp³-hybridized carbons (Fsp3) is 0.737. The Hall–Kier alpha value is -1.89. The number of hydrogen-bond acceptors (Lipinski definition) is 4. The predicted molar refractivity (Wildman–Crippen MR) is 97.1 cm³/mol. The van der Waals surface area contributed by atoms with Crippen molar-refractivity contribution in [2.75, 3.05) is 26.3 Å². The van der Waals surface area contributed by atoms with E-state index in [9.17, 15) is 9.59 Å². The first kappa shape index (κ1) is 17.5. The van der Waals surface area contributed by atoms with Crippen LogP contribution in [0.2, 0.25) is 0 Å². The number of nitrogens with zero attached hydrogens (tertiary/aromatic N) is 3. The number of carbonyl (C=O) groups excluding carboxylic acids is 1. The fourth-order valence-corrected chi connectivity index (χ4v) is 3.88. The van der Waals surface area contributed by atoms with Gasteiger partial charge < -0.3 is 15.0 Å². The Morgan fingerprint density at radius 2 is 1.88 bits per heavy atom. The second-order valence-corrected chi connectivity index (χ2v) is 7.85. The van der Waals surface area contributed by atoms with Crippen LogP contribution in [0.25, 0.3) is 0 Å². The minimum atomic E-state index is 0.0444. The second-order valence-electron chi connectivity index (χ2n) is 7.85. The first-order chi connectivity index (χ1) is 12.7. The van der Waals surface area contributed by atoms with E-state index in [1.165, 1.54) is 0 Å². The van der Waals surface area contributed by atoms with Gasteiger partial charge in [0.05, 0.1) is 12.0 Å². The molecule has 2 aliphatic heterocycles. The van der Waals surface area contributed by atoms with Crippen LogP contribution in [0.15, 0.2) is 17.2 Å². The molecule has 3 aliphatic rings. The summed E-state index contributed by atoms with van der Waals surface area (Å²) in [6, 6.07) is 1.99. The number of piperidine rings is 1. The van der Waals surface area contributed by atoms with Crippen LogP contribution in [0.4, 0.5) is 4.79 Å². The lowest BCUT2D eigenvalue weighted by molar-refractivity contribution is 0.0770. The summed E-state index contributed by atoms with van der Waals surface area (Å²) in [6.07, 6.45) is 7.68. The second kappa shape index (κ2) is 7.78. The van der Waals surface area contributed by atoms with Crippen molar-refractivity contribution in [2.24, 2.45) is 5.92 Å². The quantitative estimate of drug-likeness (QED) is 0.887. The Morgan fingerprint density at radius 3 is 2.54 bits per heavy atom. The number of urea groups is 1. The van der Waals surface area contributed by atoms with E-state index >= 15 is 0 Å². The maximum Gasteiger partial charge on any atom is 0.317 e. The highest BCUT2D eigenvalue weighted by Crippen LogP contribution is 2.38. The van der Waals surface area contributed by atoms with E-state index < -0.39 is 0 Å². The van der Waals surface area contributed by atoms with E-state index in [2.05, 4.69) is 10.3 Å². The third kappa shape index (κ3) is 4.26. The summed E-state index contributed by atoms with van der Waals surface area (Å²) < 4.78 is 7.06. The first-order valence-corrected chi connectivity index (χ1v) is 9.88. The zero-order chi connectivity index (χ0) is 17.9. The van der Waals surface area contributed by atoms with Crippen molar-refractivity contribution < 1.29 is 9.53 Å². The van der Waals surface area contributed by atoms with Crippen molar-refractivity contribution in [3.8, 4) is 0 Å². The largest absolute Gasteiger partial charge is 0.381 e. The molecule has 142 valence electrons. The number of rotatable bonds is 4. The van der Waals surface area contributed by atoms with Crippen LogP contribution in [-0.4, -0.2) is 52.8 Å². The molecule has 1 saturated carbocycles. The molecule has 0 bridgehead atoms. The SMILES string of the molecule is O=C(NC1CCOCC1)N1CCC(Cn2cnc(C3CC3)cc2=O)CC1. The minimum Gasteiger partial charge on any atom is -0.381 e. The summed E-state index contributed by atoms with van der Waals surface area (Å²) in [5.41, 5.74) is 1.01. The number of carbonyl (C=O) groups is 1. The van der Waals surface area contributed by atoms with Crippen LogP contribution in [0.5, 0.6) is 0 Å². The zero-order valence-corrected chi connectivity index (χ0v) is 15.2. The molecular weight excluding hydrogens is 332 g/mol. The first-order valence-electron chi connectivity index (χ1n) is 9.88. The number of likely N-dealkylation sites (tertiary alicyclic amines) is 1. The molecule has 4 rings (SSSR count). The molecule has 3 heterocycles. The lowest BCUT2D eigenvalue weighted by atomic mass is 9.97. The van der Waals surface area contributed by atoms with Gasteiger partial charge >= 0.3 is 6.03 Å². The molecule has 2 amide bonds. The molecule has 1 N–H and O–H groups in total. The Bertz CT molecular complexity index is 686. The van der Waals surface area contributed by atoms with Crippen LogP contribution in [0, 0.1) is 5.92 Å². The molecule has 26 heavy (non-hydrogen) atoms. The molecule has 0 aromatic carbocycles. The van der Waals surface area contributed by atoms with Crippen molar-refractivity contribution in [3.05, 3.63) is 28.4 Å². The van der Waals surface area contributed by atoms with Crippen molar-refractivity contribution in [1.29, 1.82) is 0 Å². The third-order valence-corrected chi connectivity index (χ3v) is 5.80. The number of hydrogen-bond donors (Lipinski definition) is 1. The Labute approximate surface area is 153 Å². The van der Waals surface area contributed by atoms with E-state index in [0.29, 0.717) is 18.4 Å². The van der Waals surface area contributed by atoms with Gasteiger partial charge in [0.2, 0.25) is 0 Å². The number of amides is 2. The van der Waals surface area contributed by atoms with Crippen molar-refractivity contribution in [1.82, 2.24) is 19.8 Å². The predicted octanol–water partition coefficient (Wildman–Crippen LogP) is 1.72. The van der Waals surface area contributed by atoms with E-state index in [1.807, 2.05) is 4.90 Å². The summed E-state index contributed by atoms with van der Waals surface area (Å²) in [7, 11) is 0. The third-order valence-electron chi connectivity index (χ3n) is 5.80. The molecule has 0 radical (unpaired) electrons.